The first-order chi connectivity index (χ1) is 5.63. The first-order valence-electron chi connectivity index (χ1n) is 5.01. The molecule has 1 nitrogen and oxygen atoms in total. The van der Waals surface area contributed by atoms with E-state index in [4.69, 9.17) is 5.73 Å². The number of nitrogens with two attached hydrogens (primary N) is 1. The lowest BCUT2D eigenvalue weighted by molar-refractivity contribution is 0.289. The molecule has 0 aromatic rings. The Labute approximate surface area is 77.0 Å². The lowest BCUT2D eigenvalue weighted by atomic mass is 9.81. The van der Waals surface area contributed by atoms with Crippen LogP contribution in [0.4, 0.5) is 0 Å². The number of hydrogen-bond donors (Lipinski definition) is 1. The third-order valence-corrected chi connectivity index (χ3v) is 2.57. The largest absolute Gasteiger partial charge is 0.405 e. The van der Waals surface area contributed by atoms with Crippen molar-refractivity contribution in [1.82, 2.24) is 0 Å². The lowest BCUT2D eigenvalue weighted by Gasteiger charge is -2.24. The van der Waals surface area contributed by atoms with Crippen LogP contribution < -0.4 is 5.73 Å². The molecule has 0 fully saturated rings. The Balaban J connectivity index is 4.08. The summed E-state index contributed by atoms with van der Waals surface area (Å²) in [7, 11) is 0. The molecule has 1 heteroatoms. The minimum absolute atomic E-state index is 0.620. The molecule has 0 saturated heterocycles. The van der Waals surface area contributed by atoms with Crippen molar-refractivity contribution < 1.29 is 0 Å². The molecule has 2 atom stereocenters. The quantitative estimate of drug-likeness (QED) is 0.672. The Hall–Kier alpha value is -0.460. The molecular formula is C11H23N. The third-order valence-electron chi connectivity index (χ3n) is 2.57. The Kier molecular flexibility index (Phi) is 5.87. The van der Waals surface area contributed by atoms with Crippen LogP contribution in [0.5, 0.6) is 0 Å². The van der Waals surface area contributed by atoms with Gasteiger partial charge in [-0.3, -0.25) is 0 Å². The van der Waals surface area contributed by atoms with Crippen LogP contribution in [0, 0.1) is 17.8 Å². The van der Waals surface area contributed by atoms with Crippen LogP contribution in [0.25, 0.3) is 0 Å². The summed E-state index contributed by atoms with van der Waals surface area (Å²) in [6, 6.07) is 0. The van der Waals surface area contributed by atoms with Crippen LogP contribution in [-0.2, 0) is 0 Å². The second-order valence-electron chi connectivity index (χ2n) is 3.94. The van der Waals surface area contributed by atoms with Gasteiger partial charge in [-0.25, -0.2) is 0 Å². The molecular weight excluding hydrogens is 146 g/mol. The van der Waals surface area contributed by atoms with Gasteiger partial charge in [-0.15, -0.1) is 0 Å². The summed E-state index contributed by atoms with van der Waals surface area (Å²) in [4.78, 5) is 0. The Morgan fingerprint density at radius 1 is 1.25 bits per heavy atom. The van der Waals surface area contributed by atoms with Crippen LogP contribution in [0.2, 0.25) is 0 Å². The van der Waals surface area contributed by atoms with Crippen LogP contribution in [0.15, 0.2) is 12.3 Å². The van der Waals surface area contributed by atoms with Crippen LogP contribution in [0.1, 0.15) is 40.5 Å². The van der Waals surface area contributed by atoms with Crippen molar-refractivity contribution >= 4 is 0 Å². The molecule has 0 aromatic carbocycles. The molecule has 0 aliphatic carbocycles. The molecule has 12 heavy (non-hydrogen) atoms. The van der Waals surface area contributed by atoms with E-state index in [1.54, 1.807) is 6.20 Å². The van der Waals surface area contributed by atoms with Gasteiger partial charge in [0.15, 0.2) is 0 Å². The summed E-state index contributed by atoms with van der Waals surface area (Å²) in [5, 5.41) is 0. The number of hydrogen-bond acceptors (Lipinski definition) is 1. The van der Waals surface area contributed by atoms with Crippen molar-refractivity contribution in [3.05, 3.63) is 12.3 Å². The van der Waals surface area contributed by atoms with Crippen LogP contribution >= 0.6 is 0 Å². The zero-order valence-electron chi connectivity index (χ0n) is 8.88. The van der Waals surface area contributed by atoms with E-state index in [2.05, 4.69) is 33.8 Å². The van der Waals surface area contributed by atoms with Gasteiger partial charge in [0.25, 0.3) is 0 Å². The normalized spacial score (nSPS) is 17.1. The van der Waals surface area contributed by atoms with E-state index in [0.717, 1.165) is 11.8 Å². The van der Waals surface area contributed by atoms with Gasteiger partial charge in [0.1, 0.15) is 0 Å². The highest BCUT2D eigenvalue weighted by atomic mass is 14.5. The van der Waals surface area contributed by atoms with Gasteiger partial charge in [0.2, 0.25) is 0 Å². The second-order valence-corrected chi connectivity index (χ2v) is 3.94. The van der Waals surface area contributed by atoms with Gasteiger partial charge in [0.05, 0.1) is 0 Å². The summed E-state index contributed by atoms with van der Waals surface area (Å²) < 4.78 is 0. The maximum Gasteiger partial charge on any atom is -0.0100 e. The van der Waals surface area contributed by atoms with Crippen LogP contribution in [-0.4, -0.2) is 0 Å². The minimum Gasteiger partial charge on any atom is -0.405 e. The Morgan fingerprint density at radius 2 is 1.83 bits per heavy atom. The summed E-state index contributed by atoms with van der Waals surface area (Å²) in [6.07, 6.45) is 6.37. The third kappa shape index (κ3) is 3.80. The SMILES string of the molecule is CCCC(C(C)C)C(C)/C=C\N. The lowest BCUT2D eigenvalue weighted by Crippen LogP contribution is -2.16. The van der Waals surface area contributed by atoms with E-state index in [9.17, 15) is 0 Å². The Bertz CT molecular complexity index is 127. The van der Waals surface area contributed by atoms with E-state index < -0.39 is 0 Å². The molecule has 0 radical (unpaired) electrons. The minimum atomic E-state index is 0.620. The highest BCUT2D eigenvalue weighted by Crippen LogP contribution is 2.26. The molecule has 0 bridgehead atoms. The van der Waals surface area contributed by atoms with E-state index >= 15 is 0 Å². The fourth-order valence-electron chi connectivity index (χ4n) is 1.85. The van der Waals surface area contributed by atoms with E-state index in [-0.39, 0.29) is 0 Å². The van der Waals surface area contributed by atoms with Crippen molar-refractivity contribution in [1.29, 1.82) is 0 Å². The zero-order chi connectivity index (χ0) is 9.56. The summed E-state index contributed by atoms with van der Waals surface area (Å²) in [5.74, 6) is 2.17. The van der Waals surface area contributed by atoms with Crippen molar-refractivity contribution in [3.63, 3.8) is 0 Å². The fourth-order valence-corrected chi connectivity index (χ4v) is 1.85. The van der Waals surface area contributed by atoms with Crippen molar-refractivity contribution in [2.45, 2.75) is 40.5 Å². The number of allylic oxidation sites excluding steroid dienone is 1. The maximum atomic E-state index is 5.38. The summed E-state index contributed by atoms with van der Waals surface area (Å²) >= 11 is 0. The molecule has 0 aliphatic rings. The molecule has 0 amide bonds. The summed E-state index contributed by atoms with van der Waals surface area (Å²) in [6.45, 7) is 9.08. The van der Waals surface area contributed by atoms with E-state index in [1.165, 1.54) is 12.8 Å². The standard InChI is InChI=1S/C11H23N/c1-5-6-11(9(2)3)10(4)7-8-12/h7-11H,5-6,12H2,1-4H3/b8-7-. The molecule has 72 valence electrons. The molecule has 0 rings (SSSR count). The Morgan fingerprint density at radius 3 is 2.17 bits per heavy atom. The first-order valence-corrected chi connectivity index (χ1v) is 5.01. The average molecular weight is 169 g/mol. The van der Waals surface area contributed by atoms with Crippen molar-refractivity contribution in [3.8, 4) is 0 Å². The van der Waals surface area contributed by atoms with Gasteiger partial charge in [-0.2, -0.15) is 0 Å². The maximum absolute atomic E-state index is 5.38. The van der Waals surface area contributed by atoms with Crippen molar-refractivity contribution in [2.24, 2.45) is 23.5 Å². The van der Waals surface area contributed by atoms with E-state index in [0.29, 0.717) is 5.92 Å². The van der Waals surface area contributed by atoms with Gasteiger partial charge in [-0.05, 0) is 30.4 Å². The smallest absolute Gasteiger partial charge is 0.0100 e. The average Bonchev–Trinajstić information content (AvgIpc) is 1.99. The molecule has 0 heterocycles. The van der Waals surface area contributed by atoms with Crippen molar-refractivity contribution in [2.75, 3.05) is 0 Å². The second kappa shape index (κ2) is 6.10. The topological polar surface area (TPSA) is 26.0 Å². The van der Waals surface area contributed by atoms with Gasteiger partial charge in [-0.1, -0.05) is 40.2 Å². The van der Waals surface area contributed by atoms with E-state index in [1.807, 2.05) is 0 Å². The molecule has 2 N–H and O–H groups in total. The molecule has 2 unspecified atom stereocenters. The molecule has 0 spiro atoms. The monoisotopic (exact) mass is 169 g/mol. The van der Waals surface area contributed by atoms with Crippen LogP contribution in [0.3, 0.4) is 0 Å². The van der Waals surface area contributed by atoms with Gasteiger partial charge >= 0.3 is 0 Å². The molecule has 0 saturated carbocycles. The number of rotatable bonds is 5. The van der Waals surface area contributed by atoms with Gasteiger partial charge < -0.3 is 5.73 Å². The first kappa shape index (κ1) is 11.5. The zero-order valence-corrected chi connectivity index (χ0v) is 8.88. The molecule has 0 aromatic heterocycles. The predicted octanol–water partition coefficient (Wildman–Crippen LogP) is 3.17. The highest BCUT2D eigenvalue weighted by Gasteiger charge is 2.17. The molecule has 0 aliphatic heterocycles. The fraction of sp³-hybridized carbons (Fsp3) is 0.818. The predicted molar refractivity (Wildman–Crippen MR) is 55.7 cm³/mol. The van der Waals surface area contributed by atoms with Gasteiger partial charge in [0, 0.05) is 0 Å². The highest BCUT2D eigenvalue weighted by molar-refractivity contribution is 4.87. The summed E-state index contributed by atoms with van der Waals surface area (Å²) in [5.41, 5.74) is 5.38.